The molecule has 1 aromatic carbocycles. The van der Waals surface area contributed by atoms with Gasteiger partial charge in [0, 0.05) is 23.7 Å². The molecule has 4 atom stereocenters. The molecule has 1 aromatic rings. The number of hydrogen-bond acceptors (Lipinski definition) is 3. The summed E-state index contributed by atoms with van der Waals surface area (Å²) in [6.07, 6.45) is 0.616. The van der Waals surface area contributed by atoms with E-state index in [0.29, 0.717) is 6.42 Å². The Morgan fingerprint density at radius 2 is 1.91 bits per heavy atom. The topological polar surface area (TPSA) is 75.4 Å². The van der Waals surface area contributed by atoms with Crippen LogP contribution in [0, 0.1) is 5.92 Å². The van der Waals surface area contributed by atoms with Crippen LogP contribution in [0.1, 0.15) is 27.2 Å². The number of halogens is 1. The SMILES string of the molecule is CC(N)C(C)C(=O)NC1CC(C)N(c2ccccc2)C1=O.Cl. The molecule has 0 spiro atoms. The van der Waals surface area contributed by atoms with Gasteiger partial charge in [0.2, 0.25) is 11.8 Å². The van der Waals surface area contributed by atoms with E-state index in [0.717, 1.165) is 5.69 Å². The molecule has 22 heavy (non-hydrogen) atoms. The van der Waals surface area contributed by atoms with Gasteiger partial charge < -0.3 is 16.0 Å². The van der Waals surface area contributed by atoms with Crippen LogP contribution >= 0.6 is 12.4 Å². The summed E-state index contributed by atoms with van der Waals surface area (Å²) in [6.45, 7) is 5.56. The number of nitrogens with zero attached hydrogens (tertiary/aromatic N) is 1. The number of nitrogens with two attached hydrogens (primary N) is 1. The molecule has 0 bridgehead atoms. The predicted molar refractivity (Wildman–Crippen MR) is 90.0 cm³/mol. The van der Waals surface area contributed by atoms with Gasteiger partial charge in [-0.15, -0.1) is 12.4 Å². The zero-order valence-electron chi connectivity index (χ0n) is 13.2. The van der Waals surface area contributed by atoms with E-state index in [1.807, 2.05) is 37.3 Å². The van der Waals surface area contributed by atoms with E-state index in [9.17, 15) is 9.59 Å². The van der Waals surface area contributed by atoms with Gasteiger partial charge in [-0.2, -0.15) is 0 Å². The normalized spacial score (nSPS) is 23.6. The van der Waals surface area contributed by atoms with Crippen LogP contribution in [-0.4, -0.2) is 29.9 Å². The minimum atomic E-state index is -0.464. The number of benzene rings is 1. The Bertz CT molecular complexity index is 521. The molecule has 1 aliphatic rings. The van der Waals surface area contributed by atoms with Crippen molar-refractivity contribution in [2.45, 2.75) is 45.3 Å². The third-order valence-electron chi connectivity index (χ3n) is 4.11. The Morgan fingerprint density at radius 1 is 1.32 bits per heavy atom. The molecular formula is C16H24ClN3O2. The van der Waals surface area contributed by atoms with Crippen molar-refractivity contribution in [3.8, 4) is 0 Å². The molecule has 122 valence electrons. The Morgan fingerprint density at radius 3 is 2.45 bits per heavy atom. The molecule has 4 unspecified atom stereocenters. The maximum atomic E-state index is 12.5. The minimum Gasteiger partial charge on any atom is -0.344 e. The van der Waals surface area contributed by atoms with Gasteiger partial charge in [-0.1, -0.05) is 25.1 Å². The number of anilines is 1. The van der Waals surface area contributed by atoms with Gasteiger partial charge in [0.05, 0.1) is 0 Å². The van der Waals surface area contributed by atoms with Crippen molar-refractivity contribution < 1.29 is 9.59 Å². The van der Waals surface area contributed by atoms with Gasteiger partial charge in [-0.05, 0) is 32.4 Å². The van der Waals surface area contributed by atoms with Crippen LogP contribution in [0.5, 0.6) is 0 Å². The number of rotatable bonds is 4. The molecule has 3 N–H and O–H groups in total. The highest BCUT2D eigenvalue weighted by Crippen LogP contribution is 2.26. The third kappa shape index (κ3) is 3.78. The second-order valence-electron chi connectivity index (χ2n) is 5.84. The summed E-state index contributed by atoms with van der Waals surface area (Å²) in [4.78, 5) is 26.3. The first kappa shape index (κ1) is 18.5. The van der Waals surface area contributed by atoms with Crippen molar-refractivity contribution in [1.29, 1.82) is 0 Å². The standard InChI is InChI=1S/C16H23N3O2.ClH/c1-10-9-14(18-15(20)11(2)12(3)17)16(21)19(10)13-7-5-4-6-8-13;/h4-8,10-12,14H,9,17H2,1-3H3,(H,18,20);1H. The Kier molecular flexibility index (Phi) is 6.38. The first-order chi connectivity index (χ1) is 9.91. The van der Waals surface area contributed by atoms with Crippen LogP contribution < -0.4 is 16.0 Å². The molecule has 1 fully saturated rings. The van der Waals surface area contributed by atoms with Crippen molar-refractivity contribution in [2.24, 2.45) is 11.7 Å². The van der Waals surface area contributed by atoms with Crippen molar-refractivity contribution in [3.05, 3.63) is 30.3 Å². The second kappa shape index (κ2) is 7.61. The fraction of sp³-hybridized carbons (Fsp3) is 0.500. The third-order valence-corrected chi connectivity index (χ3v) is 4.11. The number of carbonyl (C=O) groups excluding carboxylic acids is 2. The van der Waals surface area contributed by atoms with Crippen molar-refractivity contribution in [3.63, 3.8) is 0 Å². The van der Waals surface area contributed by atoms with E-state index in [-0.39, 0.29) is 42.2 Å². The fourth-order valence-corrected chi connectivity index (χ4v) is 2.57. The number of amides is 2. The molecule has 0 aliphatic carbocycles. The highest BCUT2D eigenvalue weighted by Gasteiger charge is 2.39. The van der Waals surface area contributed by atoms with Crippen LogP contribution in [0.3, 0.4) is 0 Å². The molecular weight excluding hydrogens is 302 g/mol. The summed E-state index contributed by atoms with van der Waals surface area (Å²) in [5, 5.41) is 2.83. The molecule has 6 heteroatoms. The Labute approximate surface area is 137 Å². The number of hydrogen-bond donors (Lipinski definition) is 2. The molecule has 1 saturated heterocycles. The number of carbonyl (C=O) groups is 2. The molecule has 2 rings (SSSR count). The zero-order chi connectivity index (χ0) is 15.6. The van der Waals surface area contributed by atoms with Crippen LogP contribution in [0.4, 0.5) is 5.69 Å². The van der Waals surface area contributed by atoms with E-state index < -0.39 is 6.04 Å². The molecule has 1 heterocycles. The van der Waals surface area contributed by atoms with Gasteiger partial charge in [0.15, 0.2) is 0 Å². The summed E-state index contributed by atoms with van der Waals surface area (Å²) < 4.78 is 0. The van der Waals surface area contributed by atoms with Gasteiger partial charge in [-0.25, -0.2) is 0 Å². The van der Waals surface area contributed by atoms with Crippen LogP contribution in [-0.2, 0) is 9.59 Å². The highest BCUT2D eigenvalue weighted by molar-refractivity contribution is 6.02. The first-order valence-corrected chi connectivity index (χ1v) is 7.36. The molecule has 5 nitrogen and oxygen atoms in total. The number of nitrogens with one attached hydrogen (secondary N) is 1. The van der Waals surface area contributed by atoms with Gasteiger partial charge in [0.25, 0.3) is 0 Å². The second-order valence-corrected chi connectivity index (χ2v) is 5.84. The average molecular weight is 326 g/mol. The lowest BCUT2D eigenvalue weighted by Gasteiger charge is -2.22. The summed E-state index contributed by atoms with van der Waals surface area (Å²) in [5.41, 5.74) is 6.60. The summed E-state index contributed by atoms with van der Waals surface area (Å²) in [5.74, 6) is -0.525. The largest absolute Gasteiger partial charge is 0.344 e. The predicted octanol–water partition coefficient (Wildman–Crippen LogP) is 1.70. The molecule has 1 aliphatic heterocycles. The Hall–Kier alpha value is -1.59. The zero-order valence-corrected chi connectivity index (χ0v) is 14.0. The fourth-order valence-electron chi connectivity index (χ4n) is 2.57. The van der Waals surface area contributed by atoms with E-state index in [4.69, 9.17) is 5.73 Å². The summed E-state index contributed by atoms with van der Waals surface area (Å²) >= 11 is 0. The van der Waals surface area contributed by atoms with E-state index >= 15 is 0 Å². The lowest BCUT2D eigenvalue weighted by atomic mass is 10.0. The smallest absolute Gasteiger partial charge is 0.249 e. The van der Waals surface area contributed by atoms with Crippen LogP contribution in [0.15, 0.2) is 30.3 Å². The average Bonchev–Trinajstić information content (AvgIpc) is 2.73. The van der Waals surface area contributed by atoms with Crippen molar-refractivity contribution in [2.75, 3.05) is 4.90 Å². The molecule has 0 radical (unpaired) electrons. The Balaban J connectivity index is 0.00000242. The van der Waals surface area contributed by atoms with E-state index in [1.165, 1.54) is 0 Å². The van der Waals surface area contributed by atoms with Crippen molar-refractivity contribution >= 4 is 29.9 Å². The van der Waals surface area contributed by atoms with E-state index in [2.05, 4.69) is 5.32 Å². The number of para-hydroxylation sites is 1. The van der Waals surface area contributed by atoms with Crippen LogP contribution in [0.2, 0.25) is 0 Å². The van der Waals surface area contributed by atoms with Crippen molar-refractivity contribution in [1.82, 2.24) is 5.32 Å². The maximum Gasteiger partial charge on any atom is 0.249 e. The monoisotopic (exact) mass is 325 g/mol. The minimum absolute atomic E-state index is 0. The van der Waals surface area contributed by atoms with E-state index in [1.54, 1.807) is 18.7 Å². The van der Waals surface area contributed by atoms with Crippen LogP contribution in [0.25, 0.3) is 0 Å². The lowest BCUT2D eigenvalue weighted by molar-refractivity contribution is -0.129. The van der Waals surface area contributed by atoms with Gasteiger partial charge >= 0.3 is 0 Å². The first-order valence-electron chi connectivity index (χ1n) is 7.36. The molecule has 2 amide bonds. The van der Waals surface area contributed by atoms with Gasteiger partial charge in [-0.3, -0.25) is 9.59 Å². The lowest BCUT2D eigenvalue weighted by Crippen LogP contribution is -2.46. The quantitative estimate of drug-likeness (QED) is 0.884. The maximum absolute atomic E-state index is 12.5. The summed E-state index contributed by atoms with van der Waals surface area (Å²) in [6, 6.07) is 8.90. The molecule has 0 aromatic heterocycles. The highest BCUT2D eigenvalue weighted by atomic mass is 35.5. The molecule has 0 saturated carbocycles. The van der Waals surface area contributed by atoms with Gasteiger partial charge in [0.1, 0.15) is 6.04 Å². The summed E-state index contributed by atoms with van der Waals surface area (Å²) in [7, 11) is 0.